The zero-order valence-electron chi connectivity index (χ0n) is 20.1. The first kappa shape index (κ1) is 24.7. The van der Waals surface area contributed by atoms with Crippen molar-refractivity contribution in [1.82, 2.24) is 9.55 Å². The summed E-state index contributed by atoms with van der Waals surface area (Å²) in [7, 11) is 0. The molecular formula is C30H22ClN5O2. The number of nitrogens with one attached hydrogen (secondary N) is 2. The van der Waals surface area contributed by atoms with Crippen LogP contribution in [0.2, 0.25) is 5.02 Å². The number of nitrogens with two attached hydrogens (primary N) is 1. The molecule has 0 saturated carbocycles. The van der Waals surface area contributed by atoms with Crippen LogP contribution in [0.5, 0.6) is 0 Å². The van der Waals surface area contributed by atoms with Gasteiger partial charge in [-0.15, -0.1) is 0 Å². The predicted molar refractivity (Wildman–Crippen MR) is 151 cm³/mol. The largest absolute Gasteiger partial charge is 0.364 e. The maximum Gasteiger partial charge on any atom is 0.270 e. The van der Waals surface area contributed by atoms with E-state index >= 15 is 0 Å². The van der Waals surface area contributed by atoms with Crippen molar-refractivity contribution < 1.29 is 4.79 Å². The molecule has 0 aliphatic heterocycles. The number of nitrogens with zero attached hydrogens (tertiary/aromatic N) is 2. The summed E-state index contributed by atoms with van der Waals surface area (Å²) in [6.07, 6.45) is 0. The first-order chi connectivity index (χ1) is 18.4. The number of para-hydroxylation sites is 1. The lowest BCUT2D eigenvalue weighted by molar-refractivity contribution is -0.112. The van der Waals surface area contributed by atoms with Gasteiger partial charge in [0.2, 0.25) is 0 Å². The van der Waals surface area contributed by atoms with E-state index in [4.69, 9.17) is 27.7 Å². The fraction of sp³-hybridized carbons (Fsp3) is 0. The van der Waals surface area contributed by atoms with Crippen LogP contribution in [0.3, 0.4) is 0 Å². The number of carbonyl (C=O) groups excluding carboxylic acids is 1. The van der Waals surface area contributed by atoms with Gasteiger partial charge < -0.3 is 11.1 Å². The zero-order chi connectivity index (χ0) is 26.6. The van der Waals surface area contributed by atoms with Crippen molar-refractivity contribution in [3.63, 3.8) is 0 Å². The molecule has 4 aromatic carbocycles. The Morgan fingerprint density at radius 2 is 1.34 bits per heavy atom. The molecule has 5 rings (SSSR count). The number of rotatable bonds is 7. The van der Waals surface area contributed by atoms with Gasteiger partial charge in [-0.3, -0.25) is 19.6 Å². The average molecular weight is 520 g/mol. The monoisotopic (exact) mass is 519 g/mol. The SMILES string of the molecule is N=C(C(N)=O)c1c(Nc2ccccc2)nc(-c2ccc(-c3ccccc3)cc2)n(-c2ccc(Cl)cc2)c1=O. The number of primary amides is 1. The van der Waals surface area contributed by atoms with E-state index in [1.165, 1.54) is 4.57 Å². The van der Waals surface area contributed by atoms with E-state index in [0.717, 1.165) is 11.1 Å². The average Bonchev–Trinajstić information content (AvgIpc) is 2.94. The molecule has 0 aliphatic rings. The molecule has 0 unspecified atom stereocenters. The number of hydrogen-bond acceptors (Lipinski definition) is 5. The summed E-state index contributed by atoms with van der Waals surface area (Å²) in [5, 5.41) is 11.9. The zero-order valence-corrected chi connectivity index (χ0v) is 20.8. The number of hydrogen-bond donors (Lipinski definition) is 3. The van der Waals surface area contributed by atoms with Gasteiger partial charge in [-0.05, 0) is 47.5 Å². The Morgan fingerprint density at radius 1 is 0.789 bits per heavy atom. The van der Waals surface area contributed by atoms with E-state index in [1.807, 2.05) is 72.8 Å². The number of amides is 1. The highest BCUT2D eigenvalue weighted by molar-refractivity contribution is 6.44. The molecule has 38 heavy (non-hydrogen) atoms. The summed E-state index contributed by atoms with van der Waals surface area (Å²) in [6, 6.07) is 33.3. The number of halogens is 1. The molecule has 1 aromatic heterocycles. The third kappa shape index (κ3) is 4.96. The van der Waals surface area contributed by atoms with Gasteiger partial charge >= 0.3 is 0 Å². The van der Waals surface area contributed by atoms with Gasteiger partial charge in [0, 0.05) is 16.3 Å². The second kappa shape index (κ2) is 10.5. The van der Waals surface area contributed by atoms with Crippen LogP contribution in [0, 0.1) is 5.41 Å². The van der Waals surface area contributed by atoms with Crippen LogP contribution < -0.4 is 16.6 Å². The van der Waals surface area contributed by atoms with Crippen molar-refractivity contribution in [3.8, 4) is 28.2 Å². The molecule has 0 aliphatic carbocycles. The molecule has 8 heteroatoms. The van der Waals surface area contributed by atoms with Crippen molar-refractivity contribution >= 4 is 34.7 Å². The summed E-state index contributed by atoms with van der Waals surface area (Å²) in [4.78, 5) is 30.8. The smallest absolute Gasteiger partial charge is 0.270 e. The normalized spacial score (nSPS) is 10.7. The number of anilines is 2. The van der Waals surface area contributed by atoms with Gasteiger partial charge in [0.25, 0.3) is 11.5 Å². The maximum atomic E-state index is 14.0. The Labute approximate surface area is 223 Å². The Hall–Kier alpha value is -5.01. The number of benzene rings is 4. The minimum Gasteiger partial charge on any atom is -0.364 e. The molecule has 0 bridgehead atoms. The van der Waals surface area contributed by atoms with Crippen molar-refractivity contribution in [2.24, 2.45) is 5.73 Å². The first-order valence-electron chi connectivity index (χ1n) is 11.7. The van der Waals surface area contributed by atoms with Crippen LogP contribution in [-0.4, -0.2) is 21.2 Å². The molecule has 0 atom stereocenters. The van der Waals surface area contributed by atoms with Gasteiger partial charge in [0.05, 0.1) is 5.69 Å². The van der Waals surface area contributed by atoms with Crippen LogP contribution in [0.15, 0.2) is 114 Å². The summed E-state index contributed by atoms with van der Waals surface area (Å²) in [5.74, 6) is -0.670. The van der Waals surface area contributed by atoms with Crippen LogP contribution in [0.25, 0.3) is 28.2 Å². The predicted octanol–water partition coefficient (Wildman–Crippen LogP) is 5.82. The summed E-state index contributed by atoms with van der Waals surface area (Å²) < 4.78 is 1.36. The molecule has 7 nitrogen and oxygen atoms in total. The lowest BCUT2D eigenvalue weighted by Gasteiger charge is -2.18. The Balaban J connectivity index is 1.75. The van der Waals surface area contributed by atoms with Crippen molar-refractivity contribution in [2.75, 3.05) is 5.32 Å². The molecular weight excluding hydrogens is 498 g/mol. The molecule has 0 saturated heterocycles. The molecule has 4 N–H and O–H groups in total. The molecule has 1 heterocycles. The van der Waals surface area contributed by atoms with E-state index < -0.39 is 17.2 Å². The molecule has 0 spiro atoms. The van der Waals surface area contributed by atoms with Crippen molar-refractivity contribution in [2.45, 2.75) is 0 Å². The minimum atomic E-state index is -1.04. The molecule has 5 aromatic rings. The number of carbonyl (C=O) groups is 1. The van der Waals surface area contributed by atoms with Crippen molar-refractivity contribution in [3.05, 3.63) is 130 Å². The van der Waals surface area contributed by atoms with Crippen LogP contribution >= 0.6 is 11.6 Å². The summed E-state index contributed by atoms with van der Waals surface area (Å²) in [6.45, 7) is 0. The lowest BCUT2D eigenvalue weighted by atomic mass is 10.0. The van der Waals surface area contributed by atoms with E-state index in [9.17, 15) is 9.59 Å². The minimum absolute atomic E-state index is 0.0531. The fourth-order valence-electron chi connectivity index (χ4n) is 4.08. The summed E-state index contributed by atoms with van der Waals surface area (Å²) >= 11 is 6.10. The third-order valence-corrected chi connectivity index (χ3v) is 6.20. The van der Waals surface area contributed by atoms with Gasteiger partial charge in [-0.1, -0.05) is 84.4 Å². The highest BCUT2D eigenvalue weighted by Gasteiger charge is 2.25. The van der Waals surface area contributed by atoms with Gasteiger partial charge in [-0.25, -0.2) is 4.98 Å². The van der Waals surface area contributed by atoms with E-state index in [2.05, 4.69) is 5.32 Å². The second-order valence-electron chi connectivity index (χ2n) is 8.45. The third-order valence-electron chi connectivity index (χ3n) is 5.95. The maximum absolute atomic E-state index is 14.0. The molecule has 1 amide bonds. The van der Waals surface area contributed by atoms with Crippen molar-refractivity contribution in [1.29, 1.82) is 5.41 Å². The van der Waals surface area contributed by atoms with E-state index in [1.54, 1.807) is 36.4 Å². The van der Waals surface area contributed by atoms with E-state index in [0.29, 0.717) is 27.8 Å². The highest BCUT2D eigenvalue weighted by Crippen LogP contribution is 2.28. The van der Waals surface area contributed by atoms with Gasteiger partial charge in [0.15, 0.2) is 0 Å². The lowest BCUT2D eigenvalue weighted by Crippen LogP contribution is -2.34. The Kier molecular flexibility index (Phi) is 6.84. The van der Waals surface area contributed by atoms with Crippen LogP contribution in [0.1, 0.15) is 5.56 Å². The second-order valence-corrected chi connectivity index (χ2v) is 8.89. The molecule has 0 radical (unpaired) electrons. The number of aromatic nitrogens is 2. The van der Waals surface area contributed by atoms with E-state index in [-0.39, 0.29) is 11.4 Å². The molecule has 0 fully saturated rings. The Morgan fingerprint density at radius 3 is 1.95 bits per heavy atom. The van der Waals surface area contributed by atoms with Gasteiger partial charge in [-0.2, -0.15) is 0 Å². The standard InChI is InChI=1S/C30H22ClN5O2/c31-22-15-17-24(18-16-22)36-29(21-13-11-20(12-14-21)19-7-3-1-4-8-19)35-28(34-23-9-5-2-6-10-23)25(30(36)38)26(32)27(33)37/h1-18,32,34H,(H2,33,37). The summed E-state index contributed by atoms with van der Waals surface area (Å²) in [5.41, 5.74) is 7.77. The molecule has 186 valence electrons. The quantitative estimate of drug-likeness (QED) is 0.235. The fourth-order valence-corrected chi connectivity index (χ4v) is 4.21. The van der Waals surface area contributed by atoms with Gasteiger partial charge in [0.1, 0.15) is 22.9 Å². The topological polar surface area (TPSA) is 114 Å². The van der Waals surface area contributed by atoms with Crippen LogP contribution in [0.4, 0.5) is 11.5 Å². The van der Waals surface area contributed by atoms with Crippen LogP contribution in [-0.2, 0) is 4.79 Å². The highest BCUT2D eigenvalue weighted by atomic mass is 35.5. The first-order valence-corrected chi connectivity index (χ1v) is 12.1. The Bertz CT molecular complexity index is 1680.